The highest BCUT2D eigenvalue weighted by Gasteiger charge is 2.10. The van der Waals surface area contributed by atoms with Crippen molar-refractivity contribution < 1.29 is 4.39 Å². The fourth-order valence-electron chi connectivity index (χ4n) is 1.90. The lowest BCUT2D eigenvalue weighted by Crippen LogP contribution is -2.28. The van der Waals surface area contributed by atoms with Gasteiger partial charge in [0.05, 0.1) is 5.84 Å². The molecular formula is C13H17FN2. The molecule has 1 aromatic rings. The molecule has 0 aliphatic carbocycles. The standard InChI is InChI=1S/C13H17FN2/c1-10(11-5-7-12(14)8-6-11)16-13-4-2-3-9-15-13/h5-8,10H,2-4,9H2,1H3,(H,15,16)/t10-/m1/s1. The summed E-state index contributed by atoms with van der Waals surface area (Å²) in [5, 5.41) is 3.38. The number of halogens is 1. The minimum atomic E-state index is -0.189. The summed E-state index contributed by atoms with van der Waals surface area (Å²) in [7, 11) is 0. The van der Waals surface area contributed by atoms with Crippen molar-refractivity contribution >= 4 is 5.84 Å². The third-order valence-electron chi connectivity index (χ3n) is 2.88. The summed E-state index contributed by atoms with van der Waals surface area (Å²) in [5.74, 6) is 0.897. The first-order chi connectivity index (χ1) is 7.75. The number of nitrogens with one attached hydrogen (secondary N) is 1. The van der Waals surface area contributed by atoms with E-state index in [4.69, 9.17) is 0 Å². The zero-order valence-electron chi connectivity index (χ0n) is 9.54. The van der Waals surface area contributed by atoms with Crippen LogP contribution in [0.2, 0.25) is 0 Å². The lowest BCUT2D eigenvalue weighted by molar-refractivity contribution is 0.622. The molecule has 86 valence electrons. The van der Waals surface area contributed by atoms with Gasteiger partial charge in [0.1, 0.15) is 5.82 Å². The quantitative estimate of drug-likeness (QED) is 0.814. The van der Waals surface area contributed by atoms with Crippen LogP contribution in [0.3, 0.4) is 0 Å². The van der Waals surface area contributed by atoms with E-state index in [2.05, 4.69) is 17.2 Å². The summed E-state index contributed by atoms with van der Waals surface area (Å²) in [6.45, 7) is 3.00. The third-order valence-corrected chi connectivity index (χ3v) is 2.88. The molecule has 1 aliphatic rings. The smallest absolute Gasteiger partial charge is 0.123 e. The number of nitrogens with zero attached hydrogens (tertiary/aromatic N) is 1. The van der Waals surface area contributed by atoms with Crippen LogP contribution in [0, 0.1) is 5.82 Å². The van der Waals surface area contributed by atoms with Crippen LogP contribution in [-0.2, 0) is 0 Å². The van der Waals surface area contributed by atoms with Gasteiger partial charge in [0, 0.05) is 19.0 Å². The summed E-state index contributed by atoms with van der Waals surface area (Å²) in [5.41, 5.74) is 1.09. The number of hydrogen-bond donors (Lipinski definition) is 1. The number of rotatable bonds is 2. The Kier molecular flexibility index (Phi) is 3.54. The molecule has 1 aromatic carbocycles. The van der Waals surface area contributed by atoms with E-state index in [-0.39, 0.29) is 11.9 Å². The predicted octanol–water partition coefficient (Wildman–Crippen LogP) is 3.06. The van der Waals surface area contributed by atoms with Crippen molar-refractivity contribution in [1.82, 2.24) is 5.32 Å². The van der Waals surface area contributed by atoms with E-state index < -0.39 is 0 Å². The van der Waals surface area contributed by atoms with E-state index >= 15 is 0 Å². The van der Waals surface area contributed by atoms with Gasteiger partial charge < -0.3 is 5.32 Å². The largest absolute Gasteiger partial charge is 0.367 e. The number of amidine groups is 1. The maximum atomic E-state index is 12.8. The van der Waals surface area contributed by atoms with E-state index in [1.54, 1.807) is 0 Å². The van der Waals surface area contributed by atoms with Crippen molar-refractivity contribution in [3.63, 3.8) is 0 Å². The van der Waals surface area contributed by atoms with E-state index in [0.29, 0.717) is 0 Å². The molecule has 2 rings (SSSR count). The number of hydrogen-bond acceptors (Lipinski definition) is 2. The van der Waals surface area contributed by atoms with Gasteiger partial charge in [0.2, 0.25) is 0 Å². The number of benzene rings is 1. The monoisotopic (exact) mass is 220 g/mol. The highest BCUT2D eigenvalue weighted by molar-refractivity contribution is 5.83. The predicted molar refractivity (Wildman–Crippen MR) is 64.1 cm³/mol. The van der Waals surface area contributed by atoms with E-state index in [9.17, 15) is 4.39 Å². The molecule has 0 amide bonds. The van der Waals surface area contributed by atoms with Gasteiger partial charge in [-0.2, -0.15) is 0 Å². The minimum Gasteiger partial charge on any atom is -0.367 e. The molecule has 1 aliphatic heterocycles. The summed E-state index contributed by atoms with van der Waals surface area (Å²) < 4.78 is 12.8. The van der Waals surface area contributed by atoms with Crippen LogP contribution in [0.4, 0.5) is 4.39 Å². The summed E-state index contributed by atoms with van der Waals surface area (Å²) in [4.78, 5) is 4.44. The lowest BCUT2D eigenvalue weighted by Gasteiger charge is -2.19. The fourth-order valence-corrected chi connectivity index (χ4v) is 1.90. The molecule has 0 bridgehead atoms. The second kappa shape index (κ2) is 5.10. The van der Waals surface area contributed by atoms with Gasteiger partial charge in [-0.15, -0.1) is 0 Å². The van der Waals surface area contributed by atoms with Crippen molar-refractivity contribution in [2.75, 3.05) is 6.54 Å². The van der Waals surface area contributed by atoms with Crippen LogP contribution >= 0.6 is 0 Å². The van der Waals surface area contributed by atoms with Crippen molar-refractivity contribution in [1.29, 1.82) is 0 Å². The molecule has 1 heterocycles. The summed E-state index contributed by atoms with van der Waals surface area (Å²) >= 11 is 0. The third kappa shape index (κ3) is 2.81. The molecule has 0 saturated carbocycles. The first-order valence-electron chi connectivity index (χ1n) is 5.81. The van der Waals surface area contributed by atoms with Gasteiger partial charge >= 0.3 is 0 Å². The van der Waals surface area contributed by atoms with Crippen LogP contribution in [0.25, 0.3) is 0 Å². The molecule has 1 N–H and O–H groups in total. The van der Waals surface area contributed by atoms with Crippen molar-refractivity contribution in [2.45, 2.75) is 32.2 Å². The first kappa shape index (κ1) is 11.1. The zero-order chi connectivity index (χ0) is 11.4. The Hall–Kier alpha value is -1.38. The molecule has 0 saturated heterocycles. The van der Waals surface area contributed by atoms with E-state index in [1.807, 2.05) is 12.1 Å². The molecule has 16 heavy (non-hydrogen) atoms. The fraction of sp³-hybridized carbons (Fsp3) is 0.462. The maximum absolute atomic E-state index is 12.8. The molecule has 0 fully saturated rings. The molecule has 0 spiro atoms. The van der Waals surface area contributed by atoms with Gasteiger partial charge in [-0.25, -0.2) is 4.39 Å². The summed E-state index contributed by atoms with van der Waals surface area (Å²) in [6.07, 6.45) is 3.43. The Morgan fingerprint density at radius 2 is 2.00 bits per heavy atom. The Labute approximate surface area is 95.6 Å². The molecule has 2 nitrogen and oxygen atoms in total. The van der Waals surface area contributed by atoms with Crippen LogP contribution in [0.15, 0.2) is 29.3 Å². The minimum absolute atomic E-state index is 0.189. The van der Waals surface area contributed by atoms with Crippen molar-refractivity contribution in [2.24, 2.45) is 4.99 Å². The van der Waals surface area contributed by atoms with Gasteiger partial charge in [0.25, 0.3) is 0 Å². The Morgan fingerprint density at radius 1 is 1.25 bits per heavy atom. The Morgan fingerprint density at radius 3 is 2.62 bits per heavy atom. The van der Waals surface area contributed by atoms with Gasteiger partial charge in [0.15, 0.2) is 0 Å². The molecule has 3 heteroatoms. The summed E-state index contributed by atoms with van der Waals surface area (Å²) in [6, 6.07) is 6.82. The zero-order valence-corrected chi connectivity index (χ0v) is 9.54. The first-order valence-corrected chi connectivity index (χ1v) is 5.81. The second-order valence-electron chi connectivity index (χ2n) is 4.20. The van der Waals surface area contributed by atoms with Gasteiger partial charge in [-0.05, 0) is 37.5 Å². The van der Waals surface area contributed by atoms with Crippen molar-refractivity contribution in [3.05, 3.63) is 35.6 Å². The molecule has 0 radical (unpaired) electrons. The van der Waals surface area contributed by atoms with Crippen LogP contribution in [0.5, 0.6) is 0 Å². The highest BCUT2D eigenvalue weighted by atomic mass is 19.1. The van der Waals surface area contributed by atoms with Crippen LogP contribution in [0.1, 0.15) is 37.8 Å². The molecular weight excluding hydrogens is 203 g/mol. The van der Waals surface area contributed by atoms with Crippen LogP contribution in [-0.4, -0.2) is 12.4 Å². The molecule has 0 aromatic heterocycles. The highest BCUT2D eigenvalue weighted by Crippen LogP contribution is 2.14. The average Bonchev–Trinajstić information content (AvgIpc) is 2.31. The van der Waals surface area contributed by atoms with Gasteiger partial charge in [-0.1, -0.05) is 12.1 Å². The lowest BCUT2D eigenvalue weighted by atomic mass is 10.1. The Balaban J connectivity index is 1.99. The van der Waals surface area contributed by atoms with Crippen LogP contribution < -0.4 is 5.32 Å². The normalized spacial score (nSPS) is 17.8. The Bertz CT molecular complexity index is 370. The molecule has 0 unspecified atom stereocenters. The average molecular weight is 220 g/mol. The van der Waals surface area contributed by atoms with E-state index in [0.717, 1.165) is 24.4 Å². The van der Waals surface area contributed by atoms with Gasteiger partial charge in [-0.3, -0.25) is 4.99 Å². The molecule has 1 atom stereocenters. The van der Waals surface area contributed by atoms with Crippen molar-refractivity contribution in [3.8, 4) is 0 Å². The van der Waals surface area contributed by atoms with E-state index in [1.165, 1.54) is 25.0 Å². The maximum Gasteiger partial charge on any atom is 0.123 e. The SMILES string of the molecule is C[C@@H](NC1=NCCCC1)c1ccc(F)cc1. The second-order valence-corrected chi connectivity index (χ2v) is 4.20. The number of aliphatic imine (C=N–C) groups is 1. The topological polar surface area (TPSA) is 24.4 Å².